The van der Waals surface area contributed by atoms with Gasteiger partial charge in [0, 0.05) is 25.9 Å². The average Bonchev–Trinajstić information content (AvgIpc) is 2.53. The van der Waals surface area contributed by atoms with Crippen LogP contribution in [0, 0.1) is 5.92 Å². The van der Waals surface area contributed by atoms with Crippen LogP contribution < -0.4 is 5.56 Å². The maximum absolute atomic E-state index is 12.3. The van der Waals surface area contributed by atoms with Gasteiger partial charge in [0.15, 0.2) is 0 Å². The predicted molar refractivity (Wildman–Crippen MR) is 85.7 cm³/mol. The van der Waals surface area contributed by atoms with Crippen LogP contribution in [0.1, 0.15) is 32.0 Å². The molecule has 3 rings (SSSR count). The van der Waals surface area contributed by atoms with Gasteiger partial charge < -0.3 is 9.88 Å². The molecule has 1 amide bonds. The first-order valence-electron chi connectivity index (χ1n) is 7.89. The number of likely N-dealkylation sites (tertiary alicyclic amines) is 1. The molecule has 0 radical (unpaired) electrons. The summed E-state index contributed by atoms with van der Waals surface area (Å²) in [6, 6.07) is 7.26. The maximum Gasteiger partial charge on any atom is 0.258 e. The molecule has 5 heteroatoms. The third-order valence-corrected chi connectivity index (χ3v) is 4.25. The van der Waals surface area contributed by atoms with E-state index in [1.54, 1.807) is 6.07 Å². The molecule has 5 nitrogen and oxygen atoms in total. The van der Waals surface area contributed by atoms with E-state index in [0.29, 0.717) is 35.5 Å². The topological polar surface area (TPSA) is 66.1 Å². The summed E-state index contributed by atoms with van der Waals surface area (Å²) in [6.07, 6.45) is 3.15. The largest absolute Gasteiger partial charge is 0.342 e. The normalized spacial score (nSPS) is 18.6. The van der Waals surface area contributed by atoms with Crippen molar-refractivity contribution >= 4 is 16.8 Å². The van der Waals surface area contributed by atoms with E-state index in [0.717, 1.165) is 19.5 Å². The zero-order chi connectivity index (χ0) is 15.5. The number of benzene rings is 1. The van der Waals surface area contributed by atoms with Crippen LogP contribution in [0.3, 0.4) is 0 Å². The summed E-state index contributed by atoms with van der Waals surface area (Å²) in [6.45, 7) is 3.88. The number of piperidine rings is 1. The number of aromatic nitrogens is 2. The summed E-state index contributed by atoms with van der Waals surface area (Å²) in [4.78, 5) is 33.4. The van der Waals surface area contributed by atoms with Crippen molar-refractivity contribution in [3.63, 3.8) is 0 Å². The number of amides is 1. The Hall–Kier alpha value is -2.17. The van der Waals surface area contributed by atoms with Crippen LogP contribution in [0.2, 0.25) is 0 Å². The monoisotopic (exact) mass is 299 g/mol. The van der Waals surface area contributed by atoms with Gasteiger partial charge in [-0.25, -0.2) is 4.98 Å². The number of H-pyrrole nitrogens is 1. The molecule has 1 aromatic carbocycles. The highest BCUT2D eigenvalue weighted by Gasteiger charge is 2.20. The third-order valence-electron chi connectivity index (χ3n) is 4.25. The smallest absolute Gasteiger partial charge is 0.258 e. The second-order valence-corrected chi connectivity index (χ2v) is 6.12. The Morgan fingerprint density at radius 2 is 2.23 bits per heavy atom. The highest BCUT2D eigenvalue weighted by molar-refractivity contribution is 5.78. The van der Waals surface area contributed by atoms with Crippen molar-refractivity contribution in [2.24, 2.45) is 5.92 Å². The minimum absolute atomic E-state index is 0.139. The van der Waals surface area contributed by atoms with Gasteiger partial charge in [0.25, 0.3) is 5.56 Å². The van der Waals surface area contributed by atoms with E-state index in [9.17, 15) is 9.59 Å². The lowest BCUT2D eigenvalue weighted by Crippen LogP contribution is -2.39. The summed E-state index contributed by atoms with van der Waals surface area (Å²) in [5.41, 5.74) is 0.542. The number of nitrogens with zero attached hydrogens (tertiary/aromatic N) is 2. The Balaban J connectivity index is 1.68. The van der Waals surface area contributed by atoms with Gasteiger partial charge in [0.1, 0.15) is 5.82 Å². The van der Waals surface area contributed by atoms with Crippen LogP contribution in [-0.2, 0) is 11.2 Å². The molecule has 2 heterocycles. The van der Waals surface area contributed by atoms with Gasteiger partial charge in [0.05, 0.1) is 10.9 Å². The number of aromatic amines is 1. The predicted octanol–water partition coefficient (Wildman–Crippen LogP) is 2.11. The summed E-state index contributed by atoms with van der Waals surface area (Å²) in [5, 5.41) is 0.586. The molecule has 2 aromatic rings. The SMILES string of the molecule is C[C@@H]1CCCN(C(=O)CCc2nc3ccccc3c(=O)[nH]2)C1. The van der Waals surface area contributed by atoms with E-state index in [-0.39, 0.29) is 11.5 Å². The number of carbonyl (C=O) groups excluding carboxylic acids is 1. The van der Waals surface area contributed by atoms with Crippen LogP contribution in [0.4, 0.5) is 0 Å². The first-order valence-corrected chi connectivity index (χ1v) is 7.89. The third kappa shape index (κ3) is 3.18. The molecule has 1 aliphatic rings. The number of para-hydroxylation sites is 1. The molecule has 0 saturated carbocycles. The van der Waals surface area contributed by atoms with Crippen LogP contribution in [0.25, 0.3) is 10.9 Å². The molecule has 0 spiro atoms. The van der Waals surface area contributed by atoms with Crippen molar-refractivity contribution in [1.82, 2.24) is 14.9 Å². The molecule has 1 N–H and O–H groups in total. The fourth-order valence-corrected chi connectivity index (χ4v) is 3.05. The zero-order valence-corrected chi connectivity index (χ0v) is 12.8. The summed E-state index contributed by atoms with van der Waals surface area (Å²) in [5.74, 6) is 1.32. The van der Waals surface area contributed by atoms with E-state index >= 15 is 0 Å². The van der Waals surface area contributed by atoms with E-state index in [1.165, 1.54) is 6.42 Å². The Morgan fingerprint density at radius 3 is 3.05 bits per heavy atom. The first kappa shape index (κ1) is 14.8. The number of nitrogens with one attached hydrogen (secondary N) is 1. The lowest BCUT2D eigenvalue weighted by atomic mass is 10.00. The molecule has 1 atom stereocenters. The molecular weight excluding hydrogens is 278 g/mol. The maximum atomic E-state index is 12.3. The molecule has 1 fully saturated rings. The average molecular weight is 299 g/mol. The first-order chi connectivity index (χ1) is 10.6. The molecule has 1 aliphatic heterocycles. The van der Waals surface area contributed by atoms with Gasteiger partial charge in [-0.15, -0.1) is 0 Å². The summed E-state index contributed by atoms with van der Waals surface area (Å²) < 4.78 is 0. The number of fused-ring (bicyclic) bond motifs is 1. The second kappa shape index (κ2) is 6.30. The fraction of sp³-hybridized carbons (Fsp3) is 0.471. The van der Waals surface area contributed by atoms with Crippen molar-refractivity contribution in [3.8, 4) is 0 Å². The molecule has 0 bridgehead atoms. The lowest BCUT2D eigenvalue weighted by molar-refractivity contribution is -0.132. The number of hydrogen-bond acceptors (Lipinski definition) is 3. The van der Waals surface area contributed by atoms with Crippen molar-refractivity contribution in [2.75, 3.05) is 13.1 Å². The van der Waals surface area contributed by atoms with Crippen molar-refractivity contribution < 1.29 is 4.79 Å². The van der Waals surface area contributed by atoms with Gasteiger partial charge >= 0.3 is 0 Å². The fourth-order valence-electron chi connectivity index (χ4n) is 3.05. The molecule has 1 aromatic heterocycles. The quantitative estimate of drug-likeness (QED) is 0.944. The minimum atomic E-state index is -0.139. The number of hydrogen-bond donors (Lipinski definition) is 1. The molecule has 22 heavy (non-hydrogen) atoms. The summed E-state index contributed by atoms with van der Waals surface area (Å²) in [7, 11) is 0. The molecule has 1 saturated heterocycles. The van der Waals surface area contributed by atoms with Gasteiger partial charge in [-0.05, 0) is 30.9 Å². The summed E-state index contributed by atoms with van der Waals surface area (Å²) >= 11 is 0. The van der Waals surface area contributed by atoms with Gasteiger partial charge in [-0.2, -0.15) is 0 Å². The van der Waals surface area contributed by atoms with Gasteiger partial charge in [-0.1, -0.05) is 19.1 Å². The molecule has 0 unspecified atom stereocenters. The number of aryl methyl sites for hydroxylation is 1. The number of rotatable bonds is 3. The van der Waals surface area contributed by atoms with E-state index in [2.05, 4.69) is 16.9 Å². The van der Waals surface area contributed by atoms with Gasteiger partial charge in [-0.3, -0.25) is 9.59 Å². The van der Waals surface area contributed by atoms with Crippen molar-refractivity contribution in [2.45, 2.75) is 32.6 Å². The Labute approximate surface area is 129 Å². The lowest BCUT2D eigenvalue weighted by Gasteiger charge is -2.31. The Kier molecular flexibility index (Phi) is 4.22. The minimum Gasteiger partial charge on any atom is -0.342 e. The standard InChI is InChI=1S/C17H21N3O2/c1-12-5-4-10-20(11-12)16(21)9-8-15-18-14-7-3-2-6-13(14)17(22)19-15/h2-3,6-7,12H,4-5,8-11H2,1H3,(H,18,19,22)/t12-/m1/s1. The zero-order valence-electron chi connectivity index (χ0n) is 12.8. The van der Waals surface area contributed by atoms with Crippen LogP contribution in [-0.4, -0.2) is 33.9 Å². The molecule has 116 valence electrons. The number of carbonyl (C=O) groups is 1. The highest BCUT2D eigenvalue weighted by Crippen LogP contribution is 2.16. The van der Waals surface area contributed by atoms with E-state index in [4.69, 9.17) is 0 Å². The Bertz CT molecular complexity index is 738. The van der Waals surface area contributed by atoms with Crippen LogP contribution >= 0.6 is 0 Å². The van der Waals surface area contributed by atoms with Crippen molar-refractivity contribution in [1.29, 1.82) is 0 Å². The van der Waals surface area contributed by atoms with Crippen LogP contribution in [0.15, 0.2) is 29.1 Å². The second-order valence-electron chi connectivity index (χ2n) is 6.12. The molecule has 0 aliphatic carbocycles. The highest BCUT2D eigenvalue weighted by atomic mass is 16.2. The molecular formula is C17H21N3O2. The van der Waals surface area contributed by atoms with Crippen LogP contribution in [0.5, 0.6) is 0 Å². The van der Waals surface area contributed by atoms with Crippen molar-refractivity contribution in [3.05, 3.63) is 40.4 Å². The van der Waals surface area contributed by atoms with E-state index < -0.39 is 0 Å². The van der Waals surface area contributed by atoms with Gasteiger partial charge in [0.2, 0.25) is 5.91 Å². The Morgan fingerprint density at radius 1 is 1.41 bits per heavy atom. The van der Waals surface area contributed by atoms with E-state index in [1.807, 2.05) is 23.1 Å².